The number of ketones is 1. The first-order chi connectivity index (χ1) is 13.2. The Morgan fingerprint density at radius 3 is 2.30 bits per heavy atom. The fraction of sp³-hybridized carbons (Fsp3) is 0.208. The Kier molecular flexibility index (Phi) is 4.93. The number of Topliss-reactive ketones (excluding diaryl/α,β-unsaturated/α-hetero) is 1. The summed E-state index contributed by atoms with van der Waals surface area (Å²) < 4.78 is 0. The third-order valence-corrected chi connectivity index (χ3v) is 5.25. The van der Waals surface area contributed by atoms with Gasteiger partial charge >= 0.3 is 0 Å². The number of carbonyl (C=O) groups is 1. The largest absolute Gasteiger partial charge is 0.378 e. The van der Waals surface area contributed by atoms with Gasteiger partial charge in [-0.05, 0) is 37.1 Å². The maximum Gasteiger partial charge on any atom is 0.182 e. The molecule has 136 valence electrons. The van der Waals surface area contributed by atoms with Crippen molar-refractivity contribution in [2.45, 2.75) is 25.4 Å². The first-order valence-corrected chi connectivity index (χ1v) is 9.48. The van der Waals surface area contributed by atoms with Crippen LogP contribution in [-0.2, 0) is 0 Å². The summed E-state index contributed by atoms with van der Waals surface area (Å²) in [5.74, 6) is 0.159. The number of hydrogen-bond acceptors (Lipinski definition) is 3. The second-order valence-corrected chi connectivity index (χ2v) is 7.12. The number of fused-ring (bicyclic) bond motifs is 1. The van der Waals surface area contributed by atoms with Crippen LogP contribution in [0, 0.1) is 0 Å². The first kappa shape index (κ1) is 17.3. The smallest absolute Gasteiger partial charge is 0.182 e. The van der Waals surface area contributed by atoms with Crippen molar-refractivity contribution < 1.29 is 4.79 Å². The summed E-state index contributed by atoms with van der Waals surface area (Å²) in [7, 11) is 0. The van der Waals surface area contributed by atoms with Crippen molar-refractivity contribution in [2.24, 2.45) is 0 Å². The summed E-state index contributed by atoms with van der Waals surface area (Å²) in [6, 6.07) is 28.8. The van der Waals surface area contributed by atoms with Crippen LogP contribution in [0.5, 0.6) is 0 Å². The Hall–Kier alpha value is -3.07. The standard InChI is InChI=1S/C24H24N2O/c1-18-16-22(25-20-12-6-3-7-13-20)21-14-8-9-15-23(21)26(18)17-24(27)19-10-4-2-5-11-19/h2-15,18,22,25H,16-17H2,1H3/t18-,22-/m1/s1. The molecule has 1 N–H and O–H groups in total. The molecule has 3 nitrogen and oxygen atoms in total. The fourth-order valence-corrected chi connectivity index (χ4v) is 3.86. The Labute approximate surface area is 160 Å². The molecular formula is C24H24N2O. The molecule has 0 saturated heterocycles. The quantitative estimate of drug-likeness (QED) is 0.628. The van der Waals surface area contributed by atoms with Crippen LogP contribution in [0.25, 0.3) is 0 Å². The third-order valence-electron chi connectivity index (χ3n) is 5.25. The van der Waals surface area contributed by atoms with E-state index in [1.54, 1.807) is 0 Å². The van der Waals surface area contributed by atoms with E-state index >= 15 is 0 Å². The van der Waals surface area contributed by atoms with E-state index in [0.29, 0.717) is 6.54 Å². The zero-order valence-corrected chi connectivity index (χ0v) is 15.5. The molecule has 3 heteroatoms. The highest BCUT2D eigenvalue weighted by Gasteiger charge is 2.31. The maximum absolute atomic E-state index is 12.8. The number of para-hydroxylation sites is 2. The number of carbonyl (C=O) groups excluding carboxylic acids is 1. The second-order valence-electron chi connectivity index (χ2n) is 7.12. The topological polar surface area (TPSA) is 32.3 Å². The summed E-state index contributed by atoms with van der Waals surface area (Å²) in [5.41, 5.74) is 4.29. The predicted molar refractivity (Wildman–Crippen MR) is 111 cm³/mol. The SMILES string of the molecule is C[C@@H]1C[C@@H](Nc2ccccc2)c2ccccc2N1CC(=O)c1ccccc1. The van der Waals surface area contributed by atoms with Gasteiger partial charge in [0, 0.05) is 23.0 Å². The van der Waals surface area contributed by atoms with Gasteiger partial charge in [-0.15, -0.1) is 0 Å². The van der Waals surface area contributed by atoms with Crippen LogP contribution in [0.15, 0.2) is 84.9 Å². The molecule has 0 fully saturated rings. The van der Waals surface area contributed by atoms with Crippen LogP contribution < -0.4 is 10.2 Å². The molecule has 0 spiro atoms. The Morgan fingerprint density at radius 1 is 0.926 bits per heavy atom. The highest BCUT2D eigenvalue weighted by Crippen LogP contribution is 2.38. The van der Waals surface area contributed by atoms with Gasteiger partial charge in [0.15, 0.2) is 5.78 Å². The van der Waals surface area contributed by atoms with E-state index in [1.807, 2.05) is 48.5 Å². The molecule has 27 heavy (non-hydrogen) atoms. The van der Waals surface area contributed by atoms with Gasteiger partial charge in [-0.2, -0.15) is 0 Å². The molecule has 3 aromatic carbocycles. The van der Waals surface area contributed by atoms with Crippen LogP contribution in [0.1, 0.15) is 35.3 Å². The molecule has 0 aliphatic carbocycles. The van der Waals surface area contributed by atoms with Crippen molar-refractivity contribution in [2.75, 3.05) is 16.8 Å². The van der Waals surface area contributed by atoms with E-state index in [0.717, 1.165) is 23.4 Å². The molecular weight excluding hydrogens is 332 g/mol. The van der Waals surface area contributed by atoms with Gasteiger partial charge in [0.1, 0.15) is 0 Å². The lowest BCUT2D eigenvalue weighted by Crippen LogP contribution is -2.43. The van der Waals surface area contributed by atoms with Crippen LogP contribution in [-0.4, -0.2) is 18.4 Å². The number of anilines is 2. The van der Waals surface area contributed by atoms with Gasteiger partial charge in [0.25, 0.3) is 0 Å². The monoisotopic (exact) mass is 356 g/mol. The summed E-state index contributed by atoms with van der Waals surface area (Å²) in [4.78, 5) is 15.0. The summed E-state index contributed by atoms with van der Waals surface area (Å²) in [6.45, 7) is 2.61. The van der Waals surface area contributed by atoms with Crippen molar-refractivity contribution in [1.29, 1.82) is 0 Å². The summed E-state index contributed by atoms with van der Waals surface area (Å²) in [5, 5.41) is 3.66. The molecule has 0 amide bonds. The number of benzene rings is 3. The van der Waals surface area contributed by atoms with Gasteiger partial charge in [0.2, 0.25) is 0 Å². The molecule has 0 aromatic heterocycles. The van der Waals surface area contributed by atoms with Crippen LogP contribution in [0.3, 0.4) is 0 Å². The van der Waals surface area contributed by atoms with Gasteiger partial charge in [0.05, 0.1) is 12.6 Å². The lowest BCUT2D eigenvalue weighted by molar-refractivity contribution is 0.0996. The Balaban J connectivity index is 1.60. The number of rotatable bonds is 5. The average molecular weight is 356 g/mol. The van der Waals surface area contributed by atoms with Crippen LogP contribution in [0.4, 0.5) is 11.4 Å². The number of nitrogens with one attached hydrogen (secondary N) is 1. The Morgan fingerprint density at radius 2 is 1.56 bits per heavy atom. The normalized spacial score (nSPS) is 18.6. The second kappa shape index (κ2) is 7.67. The van der Waals surface area contributed by atoms with Crippen molar-refractivity contribution in [3.05, 3.63) is 96.1 Å². The Bertz CT molecular complexity index is 908. The zero-order valence-electron chi connectivity index (χ0n) is 15.5. The fourth-order valence-electron chi connectivity index (χ4n) is 3.86. The molecule has 2 atom stereocenters. The van der Waals surface area contributed by atoms with Crippen LogP contribution >= 0.6 is 0 Å². The zero-order chi connectivity index (χ0) is 18.6. The van der Waals surface area contributed by atoms with Gasteiger partial charge in [-0.1, -0.05) is 66.7 Å². The molecule has 0 bridgehead atoms. The van der Waals surface area contributed by atoms with Crippen molar-refractivity contribution in [1.82, 2.24) is 0 Å². The van der Waals surface area contributed by atoms with E-state index in [9.17, 15) is 4.79 Å². The maximum atomic E-state index is 12.8. The minimum atomic E-state index is 0.159. The minimum Gasteiger partial charge on any atom is -0.378 e. The number of hydrogen-bond donors (Lipinski definition) is 1. The molecule has 1 heterocycles. The highest BCUT2D eigenvalue weighted by atomic mass is 16.1. The van der Waals surface area contributed by atoms with E-state index in [2.05, 4.69) is 53.5 Å². The third kappa shape index (κ3) is 3.72. The van der Waals surface area contributed by atoms with Crippen molar-refractivity contribution >= 4 is 17.2 Å². The lowest BCUT2D eigenvalue weighted by atomic mass is 9.91. The van der Waals surface area contributed by atoms with Gasteiger partial charge in [-0.3, -0.25) is 4.79 Å². The van der Waals surface area contributed by atoms with E-state index in [4.69, 9.17) is 0 Å². The van der Waals surface area contributed by atoms with E-state index in [1.165, 1.54) is 5.56 Å². The average Bonchev–Trinajstić information content (AvgIpc) is 2.72. The van der Waals surface area contributed by atoms with E-state index < -0.39 is 0 Å². The summed E-state index contributed by atoms with van der Waals surface area (Å²) in [6.07, 6.45) is 0.952. The highest BCUT2D eigenvalue weighted by molar-refractivity contribution is 5.99. The molecule has 4 rings (SSSR count). The molecule has 1 aliphatic heterocycles. The lowest BCUT2D eigenvalue weighted by Gasteiger charge is -2.41. The van der Waals surface area contributed by atoms with Crippen molar-refractivity contribution in [3.8, 4) is 0 Å². The predicted octanol–water partition coefficient (Wildman–Crippen LogP) is 5.32. The molecule has 3 aromatic rings. The molecule has 0 unspecified atom stereocenters. The summed E-state index contributed by atoms with van der Waals surface area (Å²) >= 11 is 0. The van der Waals surface area contributed by atoms with Crippen molar-refractivity contribution in [3.63, 3.8) is 0 Å². The molecule has 1 aliphatic rings. The van der Waals surface area contributed by atoms with E-state index in [-0.39, 0.29) is 17.9 Å². The molecule has 0 radical (unpaired) electrons. The van der Waals surface area contributed by atoms with Gasteiger partial charge < -0.3 is 10.2 Å². The van der Waals surface area contributed by atoms with Gasteiger partial charge in [-0.25, -0.2) is 0 Å². The minimum absolute atomic E-state index is 0.159. The molecule has 0 saturated carbocycles. The number of nitrogens with zero attached hydrogens (tertiary/aromatic N) is 1. The first-order valence-electron chi connectivity index (χ1n) is 9.48. The van der Waals surface area contributed by atoms with Crippen LogP contribution in [0.2, 0.25) is 0 Å².